The van der Waals surface area contributed by atoms with Gasteiger partial charge in [-0.25, -0.2) is 4.98 Å². The Kier molecular flexibility index (Phi) is 4.53. The summed E-state index contributed by atoms with van der Waals surface area (Å²) in [5.41, 5.74) is 1.14. The van der Waals surface area contributed by atoms with Gasteiger partial charge in [-0.05, 0) is 6.42 Å². The minimum absolute atomic E-state index is 0.129. The number of rotatable bonds is 4. The summed E-state index contributed by atoms with van der Waals surface area (Å²) in [6, 6.07) is 0. The van der Waals surface area contributed by atoms with Crippen molar-refractivity contribution >= 4 is 10.8 Å². The van der Waals surface area contributed by atoms with Gasteiger partial charge in [0.2, 0.25) is 5.82 Å². The number of halogens is 3. The lowest BCUT2D eigenvalue weighted by molar-refractivity contribution is -0.147. The van der Waals surface area contributed by atoms with Crippen LogP contribution in [0.2, 0.25) is 0 Å². The topological polar surface area (TPSA) is 46.9 Å². The van der Waals surface area contributed by atoms with Crippen LogP contribution in [0.3, 0.4) is 0 Å². The normalized spacial score (nSPS) is 18.6. The van der Waals surface area contributed by atoms with Gasteiger partial charge in [-0.15, -0.1) is 0 Å². The van der Waals surface area contributed by atoms with Gasteiger partial charge < -0.3 is 9.88 Å². The van der Waals surface area contributed by atoms with Crippen LogP contribution >= 0.6 is 0 Å². The number of imidazole rings is 1. The fourth-order valence-electron chi connectivity index (χ4n) is 2.30. The molecule has 0 bridgehead atoms. The maximum absolute atomic E-state index is 13.1. The van der Waals surface area contributed by atoms with Gasteiger partial charge in [0.05, 0.1) is 5.69 Å². The summed E-state index contributed by atoms with van der Waals surface area (Å²) < 4.78 is 51.8. The second kappa shape index (κ2) is 5.85. The summed E-state index contributed by atoms with van der Waals surface area (Å²) in [6.07, 6.45) is -1.89. The summed E-state index contributed by atoms with van der Waals surface area (Å²) in [5, 5.41) is 2.90. The van der Waals surface area contributed by atoms with Crippen LogP contribution in [0.1, 0.15) is 30.6 Å². The van der Waals surface area contributed by atoms with Gasteiger partial charge in [-0.2, -0.15) is 13.2 Å². The highest BCUT2D eigenvalue weighted by Crippen LogP contribution is 2.31. The van der Waals surface area contributed by atoms with Crippen LogP contribution in [0.5, 0.6) is 0 Å². The third-order valence-corrected chi connectivity index (χ3v) is 4.93. The van der Waals surface area contributed by atoms with E-state index in [0.717, 1.165) is 0 Å². The van der Waals surface area contributed by atoms with Crippen LogP contribution < -0.4 is 5.32 Å². The molecular weight excluding hydrogens is 291 g/mol. The first kappa shape index (κ1) is 15.5. The largest absolute Gasteiger partial charge is 0.449 e. The number of nitrogens with zero attached hydrogens (tertiary/aromatic N) is 2. The molecule has 114 valence electrons. The van der Waals surface area contributed by atoms with Crippen LogP contribution in [-0.4, -0.2) is 31.8 Å². The molecule has 2 heterocycles. The number of fused-ring (bicyclic) bond motifs is 1. The van der Waals surface area contributed by atoms with Gasteiger partial charge in [0.25, 0.3) is 0 Å². The molecule has 1 aromatic rings. The molecule has 20 heavy (non-hydrogen) atoms. The second-order valence-corrected chi connectivity index (χ2v) is 6.80. The SMILES string of the molecule is CC(CCn1c(C(F)(F)F)nc2c1CCNC2)S(C)=O. The van der Waals surface area contributed by atoms with Gasteiger partial charge in [0, 0.05) is 54.1 Å². The van der Waals surface area contributed by atoms with E-state index in [9.17, 15) is 17.4 Å². The van der Waals surface area contributed by atoms with E-state index >= 15 is 0 Å². The fraction of sp³-hybridized carbons (Fsp3) is 0.750. The first-order valence-corrected chi connectivity index (χ1v) is 8.11. The highest BCUT2D eigenvalue weighted by molar-refractivity contribution is 7.84. The molecule has 0 saturated heterocycles. The van der Waals surface area contributed by atoms with Crippen molar-refractivity contribution in [2.75, 3.05) is 12.8 Å². The quantitative estimate of drug-likeness (QED) is 0.921. The van der Waals surface area contributed by atoms with E-state index in [1.54, 1.807) is 13.2 Å². The maximum atomic E-state index is 13.1. The van der Waals surface area contributed by atoms with Gasteiger partial charge in [0.1, 0.15) is 0 Å². The maximum Gasteiger partial charge on any atom is 0.449 e. The lowest BCUT2D eigenvalue weighted by Gasteiger charge is -2.18. The third kappa shape index (κ3) is 3.22. The molecule has 8 heteroatoms. The van der Waals surface area contributed by atoms with Crippen molar-refractivity contribution in [3.8, 4) is 0 Å². The van der Waals surface area contributed by atoms with E-state index in [4.69, 9.17) is 0 Å². The van der Waals surface area contributed by atoms with E-state index in [2.05, 4.69) is 10.3 Å². The molecule has 0 fully saturated rings. The molecule has 2 atom stereocenters. The Morgan fingerprint density at radius 3 is 2.80 bits per heavy atom. The number of nitrogens with one attached hydrogen (secondary N) is 1. The summed E-state index contributed by atoms with van der Waals surface area (Å²) in [5.74, 6) is -0.833. The molecule has 1 aliphatic heterocycles. The number of alkyl halides is 3. The van der Waals surface area contributed by atoms with Gasteiger partial charge in [-0.3, -0.25) is 4.21 Å². The Morgan fingerprint density at radius 2 is 2.20 bits per heavy atom. The van der Waals surface area contributed by atoms with E-state index in [1.807, 2.05) is 0 Å². The summed E-state index contributed by atoms with van der Waals surface area (Å²) in [4.78, 5) is 3.74. The van der Waals surface area contributed by atoms with Crippen molar-refractivity contribution in [1.82, 2.24) is 14.9 Å². The van der Waals surface area contributed by atoms with E-state index in [1.165, 1.54) is 4.57 Å². The standard InChI is InChI=1S/C12H18F3N3OS/c1-8(20(2)19)4-6-18-10-3-5-16-7-9(10)17-11(18)12(13,14)15/h8,16H,3-7H2,1-2H3. The molecule has 0 aromatic carbocycles. The fourth-order valence-corrected chi connectivity index (χ4v) is 2.74. The number of aromatic nitrogens is 2. The molecule has 1 N–H and O–H groups in total. The Balaban J connectivity index is 2.29. The molecular formula is C12H18F3N3OS. The number of hydrogen-bond donors (Lipinski definition) is 1. The van der Waals surface area contributed by atoms with Gasteiger partial charge in [0.15, 0.2) is 0 Å². The minimum atomic E-state index is -4.45. The zero-order valence-corrected chi connectivity index (χ0v) is 12.3. The van der Waals surface area contributed by atoms with Gasteiger partial charge in [-0.1, -0.05) is 6.92 Å². The zero-order chi connectivity index (χ0) is 14.9. The minimum Gasteiger partial charge on any atom is -0.324 e. The number of hydrogen-bond acceptors (Lipinski definition) is 3. The van der Waals surface area contributed by atoms with Crippen LogP contribution in [0.15, 0.2) is 0 Å². The molecule has 1 aromatic heterocycles. The van der Waals surface area contributed by atoms with Crippen LogP contribution in [0.4, 0.5) is 13.2 Å². The Morgan fingerprint density at radius 1 is 1.50 bits per heavy atom. The Hall–Kier alpha value is -0.890. The van der Waals surface area contributed by atoms with E-state index < -0.39 is 22.8 Å². The van der Waals surface area contributed by atoms with Crippen molar-refractivity contribution in [2.45, 2.75) is 44.3 Å². The van der Waals surface area contributed by atoms with E-state index in [-0.39, 0.29) is 11.8 Å². The zero-order valence-electron chi connectivity index (χ0n) is 11.5. The molecule has 2 unspecified atom stereocenters. The lowest BCUT2D eigenvalue weighted by atomic mass is 10.2. The molecule has 0 saturated carbocycles. The summed E-state index contributed by atoms with van der Waals surface area (Å²) in [7, 11) is -1.03. The van der Waals surface area contributed by atoms with Crippen molar-refractivity contribution in [1.29, 1.82) is 0 Å². The predicted octanol–water partition coefficient (Wildman–Crippen LogP) is 1.70. The Bertz CT molecular complexity index is 513. The molecule has 0 radical (unpaired) electrons. The van der Waals surface area contributed by atoms with Crippen molar-refractivity contribution in [3.05, 3.63) is 17.2 Å². The lowest BCUT2D eigenvalue weighted by Crippen LogP contribution is -2.26. The highest BCUT2D eigenvalue weighted by atomic mass is 32.2. The molecule has 4 nitrogen and oxygen atoms in total. The second-order valence-electron chi connectivity index (χ2n) is 5.00. The van der Waals surface area contributed by atoms with Crippen LogP contribution in [0.25, 0.3) is 0 Å². The van der Waals surface area contributed by atoms with E-state index in [0.29, 0.717) is 37.3 Å². The third-order valence-electron chi connectivity index (χ3n) is 3.57. The monoisotopic (exact) mass is 309 g/mol. The first-order chi connectivity index (χ1) is 9.30. The Labute approximate surface area is 118 Å². The van der Waals surface area contributed by atoms with Crippen molar-refractivity contribution < 1.29 is 17.4 Å². The predicted molar refractivity (Wildman–Crippen MR) is 70.8 cm³/mol. The molecule has 0 aliphatic carbocycles. The smallest absolute Gasteiger partial charge is 0.324 e. The summed E-state index contributed by atoms with van der Waals surface area (Å²) >= 11 is 0. The molecule has 1 aliphatic rings. The molecule has 2 rings (SSSR count). The van der Waals surface area contributed by atoms with Crippen LogP contribution in [0, 0.1) is 0 Å². The van der Waals surface area contributed by atoms with Crippen molar-refractivity contribution in [2.24, 2.45) is 0 Å². The molecule has 0 amide bonds. The average molecular weight is 309 g/mol. The average Bonchev–Trinajstić information content (AvgIpc) is 2.74. The highest BCUT2D eigenvalue weighted by Gasteiger charge is 2.39. The molecule has 0 spiro atoms. The summed E-state index contributed by atoms with van der Waals surface area (Å²) in [6.45, 7) is 3.03. The first-order valence-electron chi connectivity index (χ1n) is 6.49. The van der Waals surface area contributed by atoms with Crippen LogP contribution in [-0.2, 0) is 36.5 Å². The van der Waals surface area contributed by atoms with Gasteiger partial charge >= 0.3 is 6.18 Å². The van der Waals surface area contributed by atoms with Crippen molar-refractivity contribution in [3.63, 3.8) is 0 Å².